The van der Waals surface area contributed by atoms with E-state index >= 15 is 0 Å². The topological polar surface area (TPSA) is 75.2 Å². The fourth-order valence-corrected chi connectivity index (χ4v) is 1.70. The highest BCUT2D eigenvalue weighted by molar-refractivity contribution is 5.43. The molecular formula is C11H20N6O. The smallest absolute Gasteiger partial charge is 0.231 e. The number of nitrogens with zero attached hydrogens (tertiary/aromatic N) is 4. The highest BCUT2D eigenvalue weighted by atomic mass is 16.5. The van der Waals surface area contributed by atoms with Crippen molar-refractivity contribution in [1.82, 2.24) is 15.0 Å². The summed E-state index contributed by atoms with van der Waals surface area (Å²) in [6, 6.07) is 0.289. The summed E-state index contributed by atoms with van der Waals surface area (Å²) in [4.78, 5) is 14.9. The molecule has 1 unspecified atom stereocenters. The maximum Gasteiger partial charge on any atom is 0.231 e. The van der Waals surface area contributed by atoms with Crippen molar-refractivity contribution in [3.8, 4) is 0 Å². The fourth-order valence-electron chi connectivity index (χ4n) is 1.70. The summed E-state index contributed by atoms with van der Waals surface area (Å²) in [5, 5.41) is 6.39. The first-order valence-corrected chi connectivity index (χ1v) is 6.20. The molecule has 0 aliphatic carbocycles. The molecule has 1 saturated heterocycles. The number of hydrogen-bond acceptors (Lipinski definition) is 7. The van der Waals surface area contributed by atoms with Crippen molar-refractivity contribution in [2.45, 2.75) is 19.4 Å². The highest BCUT2D eigenvalue weighted by Gasteiger charge is 2.17. The summed E-state index contributed by atoms with van der Waals surface area (Å²) >= 11 is 0. The Morgan fingerprint density at radius 2 is 2.06 bits per heavy atom. The minimum Gasteiger partial charge on any atom is -0.379 e. The van der Waals surface area contributed by atoms with Crippen molar-refractivity contribution >= 4 is 17.8 Å². The van der Waals surface area contributed by atoms with Crippen LogP contribution in [-0.4, -0.2) is 54.8 Å². The van der Waals surface area contributed by atoms with E-state index in [1.807, 2.05) is 25.9 Å². The van der Waals surface area contributed by atoms with E-state index in [4.69, 9.17) is 4.74 Å². The van der Waals surface area contributed by atoms with Crippen LogP contribution in [0, 0.1) is 0 Å². The van der Waals surface area contributed by atoms with Crippen molar-refractivity contribution in [3.05, 3.63) is 0 Å². The van der Waals surface area contributed by atoms with Gasteiger partial charge >= 0.3 is 0 Å². The van der Waals surface area contributed by atoms with E-state index < -0.39 is 0 Å². The number of nitrogens with one attached hydrogen (secondary N) is 2. The first kappa shape index (κ1) is 12.8. The van der Waals surface area contributed by atoms with Crippen LogP contribution >= 0.6 is 0 Å². The molecule has 0 radical (unpaired) electrons. The van der Waals surface area contributed by atoms with Gasteiger partial charge < -0.3 is 20.3 Å². The van der Waals surface area contributed by atoms with E-state index in [1.165, 1.54) is 0 Å². The fraction of sp³-hybridized carbons (Fsp3) is 0.727. The first-order chi connectivity index (χ1) is 8.69. The van der Waals surface area contributed by atoms with E-state index in [0.717, 1.165) is 19.6 Å². The van der Waals surface area contributed by atoms with Gasteiger partial charge in [0.25, 0.3) is 0 Å². The first-order valence-electron chi connectivity index (χ1n) is 6.20. The van der Waals surface area contributed by atoms with Gasteiger partial charge in [-0.05, 0) is 13.3 Å². The third-order valence-corrected chi connectivity index (χ3v) is 2.62. The Labute approximate surface area is 107 Å². The van der Waals surface area contributed by atoms with Gasteiger partial charge in [0.2, 0.25) is 17.8 Å². The molecule has 1 fully saturated rings. The molecule has 7 heteroatoms. The van der Waals surface area contributed by atoms with Crippen molar-refractivity contribution in [1.29, 1.82) is 0 Å². The maximum atomic E-state index is 5.33. The van der Waals surface area contributed by atoms with Crippen LogP contribution in [0.15, 0.2) is 0 Å². The zero-order chi connectivity index (χ0) is 13.0. The van der Waals surface area contributed by atoms with E-state index in [2.05, 4.69) is 25.6 Å². The summed E-state index contributed by atoms with van der Waals surface area (Å²) in [7, 11) is 3.82. The summed E-state index contributed by atoms with van der Waals surface area (Å²) < 4.78 is 5.33. The van der Waals surface area contributed by atoms with Crippen LogP contribution < -0.4 is 15.5 Å². The highest BCUT2D eigenvalue weighted by Crippen LogP contribution is 2.14. The molecule has 0 bridgehead atoms. The quantitative estimate of drug-likeness (QED) is 0.793. The zero-order valence-electron chi connectivity index (χ0n) is 11.1. The molecular weight excluding hydrogens is 232 g/mol. The van der Waals surface area contributed by atoms with Gasteiger partial charge in [0.05, 0.1) is 12.6 Å². The lowest BCUT2D eigenvalue weighted by Crippen LogP contribution is -2.23. The second-order valence-corrected chi connectivity index (χ2v) is 4.41. The Morgan fingerprint density at radius 3 is 2.67 bits per heavy atom. The molecule has 0 saturated carbocycles. The molecule has 7 nitrogen and oxygen atoms in total. The molecule has 0 spiro atoms. The van der Waals surface area contributed by atoms with E-state index in [1.54, 1.807) is 0 Å². The number of hydrogen-bond donors (Lipinski definition) is 2. The Kier molecular flexibility index (Phi) is 4.14. The summed E-state index contributed by atoms with van der Waals surface area (Å²) in [5.74, 6) is 1.83. The van der Waals surface area contributed by atoms with Gasteiger partial charge in [-0.2, -0.15) is 15.0 Å². The predicted octanol–water partition coefficient (Wildman–Crippen LogP) is 0.570. The van der Waals surface area contributed by atoms with Gasteiger partial charge in [-0.25, -0.2) is 0 Å². The predicted molar refractivity (Wildman–Crippen MR) is 71.2 cm³/mol. The van der Waals surface area contributed by atoms with E-state index in [-0.39, 0.29) is 6.04 Å². The molecule has 2 heterocycles. The third-order valence-electron chi connectivity index (χ3n) is 2.62. The molecule has 1 aliphatic rings. The molecule has 18 heavy (non-hydrogen) atoms. The van der Waals surface area contributed by atoms with Crippen molar-refractivity contribution in [2.24, 2.45) is 0 Å². The second kappa shape index (κ2) is 5.81. The number of rotatable bonds is 5. The Bertz CT molecular complexity index is 391. The Morgan fingerprint density at radius 1 is 1.28 bits per heavy atom. The lowest BCUT2D eigenvalue weighted by molar-refractivity contribution is 0.195. The van der Waals surface area contributed by atoms with Crippen molar-refractivity contribution < 1.29 is 4.74 Å². The number of ether oxygens (including phenoxy) is 1. The summed E-state index contributed by atoms with van der Waals surface area (Å²) in [6.45, 7) is 4.29. The molecule has 1 aromatic heterocycles. The molecule has 2 rings (SSSR count). The summed E-state index contributed by atoms with van der Waals surface area (Å²) in [6.07, 6.45) is 0.986. The van der Waals surface area contributed by atoms with Gasteiger partial charge in [0, 0.05) is 27.2 Å². The lowest BCUT2D eigenvalue weighted by atomic mass is 10.3. The minimum absolute atomic E-state index is 0.289. The maximum absolute atomic E-state index is 5.33. The van der Waals surface area contributed by atoms with Crippen LogP contribution in [0.25, 0.3) is 0 Å². The SMILES string of the molecule is CCNc1nc(NC2CCOC2)nc(N(C)C)n1. The van der Waals surface area contributed by atoms with Gasteiger partial charge in [-0.3, -0.25) is 0 Å². The molecule has 100 valence electrons. The van der Waals surface area contributed by atoms with Gasteiger partial charge in [-0.15, -0.1) is 0 Å². The van der Waals surface area contributed by atoms with Gasteiger partial charge in [0.15, 0.2) is 0 Å². The molecule has 1 aromatic rings. The Hall–Kier alpha value is -1.63. The minimum atomic E-state index is 0.289. The zero-order valence-corrected chi connectivity index (χ0v) is 11.1. The Balaban J connectivity index is 2.16. The third kappa shape index (κ3) is 3.19. The van der Waals surface area contributed by atoms with Crippen molar-refractivity contribution in [3.63, 3.8) is 0 Å². The van der Waals surface area contributed by atoms with Crippen LogP contribution in [0.4, 0.5) is 17.8 Å². The van der Waals surface area contributed by atoms with Crippen LogP contribution in [0.5, 0.6) is 0 Å². The van der Waals surface area contributed by atoms with E-state index in [9.17, 15) is 0 Å². The largest absolute Gasteiger partial charge is 0.379 e. The van der Waals surface area contributed by atoms with Crippen molar-refractivity contribution in [2.75, 3.05) is 49.4 Å². The molecule has 0 aromatic carbocycles. The van der Waals surface area contributed by atoms with Crippen LogP contribution in [0.1, 0.15) is 13.3 Å². The number of aromatic nitrogens is 3. The van der Waals surface area contributed by atoms with Gasteiger partial charge in [-0.1, -0.05) is 0 Å². The standard InChI is InChI=1S/C11H20N6O/c1-4-12-9-14-10(13-8-5-6-18-7-8)16-11(15-9)17(2)3/h8H,4-7H2,1-3H3,(H2,12,13,14,15,16). The average molecular weight is 252 g/mol. The molecule has 2 N–H and O–H groups in total. The second-order valence-electron chi connectivity index (χ2n) is 4.41. The van der Waals surface area contributed by atoms with Gasteiger partial charge in [0.1, 0.15) is 0 Å². The normalized spacial score (nSPS) is 18.7. The average Bonchev–Trinajstić information content (AvgIpc) is 2.82. The molecule has 0 amide bonds. The van der Waals surface area contributed by atoms with E-state index in [0.29, 0.717) is 24.5 Å². The lowest BCUT2D eigenvalue weighted by Gasteiger charge is -2.15. The molecule has 1 atom stereocenters. The van der Waals surface area contributed by atoms with Crippen LogP contribution in [0.3, 0.4) is 0 Å². The van der Waals surface area contributed by atoms with Crippen LogP contribution in [0.2, 0.25) is 0 Å². The van der Waals surface area contributed by atoms with Crippen LogP contribution in [-0.2, 0) is 4.74 Å². The summed E-state index contributed by atoms with van der Waals surface area (Å²) in [5.41, 5.74) is 0. The molecule has 1 aliphatic heterocycles. The number of anilines is 3. The monoisotopic (exact) mass is 252 g/mol.